The van der Waals surface area contributed by atoms with Gasteiger partial charge in [-0.25, -0.2) is 9.59 Å². The molecular weight excluding hydrogens is 416 g/mol. The lowest BCUT2D eigenvalue weighted by molar-refractivity contribution is -0.140. The fraction of sp³-hybridized carbons (Fsp3) is 0.333. The van der Waals surface area contributed by atoms with Crippen LogP contribution in [-0.2, 0) is 28.5 Å². The summed E-state index contributed by atoms with van der Waals surface area (Å²) in [5, 5.41) is 2.04. The van der Waals surface area contributed by atoms with Crippen LogP contribution in [0.2, 0.25) is 0 Å². The Balaban J connectivity index is 1.68. The molecule has 0 aliphatic rings. The summed E-state index contributed by atoms with van der Waals surface area (Å²) in [5.74, 6) is 0.495. The van der Waals surface area contributed by atoms with Gasteiger partial charge in [-0.05, 0) is 35.0 Å². The van der Waals surface area contributed by atoms with Gasteiger partial charge in [0.2, 0.25) is 0 Å². The maximum absolute atomic E-state index is 10.9. The molecule has 0 amide bonds. The monoisotopic (exact) mass is 444 g/mol. The molecule has 8 nitrogen and oxygen atoms in total. The van der Waals surface area contributed by atoms with E-state index in [0.717, 1.165) is 22.9 Å². The Kier molecular flexibility index (Phi) is 11.4. The number of esters is 2. The van der Waals surface area contributed by atoms with Crippen LogP contribution in [0.4, 0.5) is 0 Å². The van der Waals surface area contributed by atoms with E-state index in [1.165, 1.54) is 0 Å². The molecule has 0 fully saturated rings. The van der Waals surface area contributed by atoms with Gasteiger partial charge >= 0.3 is 11.9 Å². The average molecular weight is 444 g/mol. The molecule has 0 saturated heterocycles. The van der Waals surface area contributed by atoms with Crippen molar-refractivity contribution < 1.29 is 38.0 Å². The van der Waals surface area contributed by atoms with Crippen molar-refractivity contribution >= 4 is 22.7 Å². The number of carbonyl (C=O) groups is 2. The Morgan fingerprint density at radius 2 is 1.06 bits per heavy atom. The van der Waals surface area contributed by atoms with Gasteiger partial charge in [0.05, 0.1) is 26.4 Å². The van der Waals surface area contributed by atoms with Crippen LogP contribution in [0, 0.1) is 0 Å². The molecule has 0 heterocycles. The second-order valence-corrected chi connectivity index (χ2v) is 6.34. The maximum atomic E-state index is 10.9. The number of carbonyl (C=O) groups excluding carboxylic acids is 2. The highest BCUT2D eigenvalue weighted by Crippen LogP contribution is 2.25. The van der Waals surface area contributed by atoms with Crippen molar-refractivity contribution in [1.82, 2.24) is 0 Å². The molecule has 172 valence electrons. The third kappa shape index (κ3) is 9.63. The van der Waals surface area contributed by atoms with E-state index in [2.05, 4.69) is 13.2 Å². The first-order chi connectivity index (χ1) is 15.6. The Morgan fingerprint density at radius 1 is 0.625 bits per heavy atom. The lowest BCUT2D eigenvalue weighted by Gasteiger charge is -2.10. The van der Waals surface area contributed by atoms with Gasteiger partial charge < -0.3 is 28.4 Å². The smallest absolute Gasteiger partial charge is 0.330 e. The largest absolute Gasteiger partial charge is 0.491 e. The third-order valence-corrected chi connectivity index (χ3v) is 4.05. The highest BCUT2D eigenvalue weighted by molar-refractivity contribution is 5.85. The Bertz CT molecular complexity index is 824. The zero-order chi connectivity index (χ0) is 23.0. The minimum atomic E-state index is -0.469. The van der Waals surface area contributed by atoms with Gasteiger partial charge in [0.1, 0.15) is 37.9 Å². The van der Waals surface area contributed by atoms with Crippen molar-refractivity contribution in [2.45, 2.75) is 0 Å². The van der Waals surface area contributed by atoms with E-state index < -0.39 is 11.9 Å². The van der Waals surface area contributed by atoms with Crippen molar-refractivity contribution in [3.05, 3.63) is 61.7 Å². The molecule has 0 atom stereocenters. The molecule has 0 N–H and O–H groups in total. The number of fused-ring (bicyclic) bond motifs is 1. The fourth-order valence-electron chi connectivity index (χ4n) is 2.54. The average Bonchev–Trinajstić information content (AvgIpc) is 2.82. The fourth-order valence-corrected chi connectivity index (χ4v) is 2.54. The quantitative estimate of drug-likeness (QED) is 0.222. The standard InChI is InChI=1S/C24H28O8/c1-3-23(25)31-15-11-27-9-13-29-21-7-5-19-6-8-22(18-20(19)17-21)30-14-10-28-12-16-32-24(26)4-2/h3-8,17-18H,1-2,9-16H2. The highest BCUT2D eigenvalue weighted by atomic mass is 16.6. The van der Waals surface area contributed by atoms with Gasteiger partial charge in [0.15, 0.2) is 0 Å². The number of benzene rings is 2. The minimum Gasteiger partial charge on any atom is -0.491 e. The van der Waals surface area contributed by atoms with Crippen molar-refractivity contribution in [3.63, 3.8) is 0 Å². The summed E-state index contributed by atoms with van der Waals surface area (Å²) in [5.41, 5.74) is 0. The Labute approximate surface area is 187 Å². The van der Waals surface area contributed by atoms with Gasteiger partial charge in [-0.3, -0.25) is 0 Å². The van der Waals surface area contributed by atoms with Gasteiger partial charge in [-0.2, -0.15) is 0 Å². The molecule has 0 bridgehead atoms. The summed E-state index contributed by atoms with van der Waals surface area (Å²) < 4.78 is 31.8. The summed E-state index contributed by atoms with van der Waals surface area (Å²) in [4.78, 5) is 21.8. The molecule has 0 saturated carbocycles. The van der Waals surface area contributed by atoms with E-state index in [1.807, 2.05) is 36.4 Å². The maximum Gasteiger partial charge on any atom is 0.330 e. The molecular formula is C24H28O8. The summed E-state index contributed by atoms with van der Waals surface area (Å²) in [6.07, 6.45) is 2.22. The number of ether oxygens (including phenoxy) is 6. The van der Waals surface area contributed by atoms with Crippen LogP contribution < -0.4 is 9.47 Å². The molecule has 0 aliphatic heterocycles. The summed E-state index contributed by atoms with van der Waals surface area (Å²) in [6, 6.07) is 11.6. The van der Waals surface area contributed by atoms with E-state index >= 15 is 0 Å². The van der Waals surface area contributed by atoms with Crippen molar-refractivity contribution in [2.75, 3.05) is 52.9 Å². The van der Waals surface area contributed by atoms with Crippen LogP contribution in [0.25, 0.3) is 10.8 Å². The van der Waals surface area contributed by atoms with Crippen LogP contribution in [0.15, 0.2) is 61.7 Å². The van der Waals surface area contributed by atoms with Crippen LogP contribution in [0.3, 0.4) is 0 Å². The molecule has 32 heavy (non-hydrogen) atoms. The molecule has 0 aromatic heterocycles. The molecule has 0 radical (unpaired) electrons. The third-order valence-electron chi connectivity index (χ3n) is 4.05. The van der Waals surface area contributed by atoms with Gasteiger partial charge in [0.25, 0.3) is 0 Å². The van der Waals surface area contributed by atoms with Crippen LogP contribution >= 0.6 is 0 Å². The first-order valence-corrected chi connectivity index (χ1v) is 10.2. The van der Waals surface area contributed by atoms with Crippen molar-refractivity contribution in [3.8, 4) is 11.5 Å². The molecule has 2 rings (SSSR count). The van der Waals surface area contributed by atoms with E-state index in [0.29, 0.717) is 51.1 Å². The van der Waals surface area contributed by atoms with Crippen LogP contribution in [0.5, 0.6) is 11.5 Å². The summed E-state index contributed by atoms with van der Waals surface area (Å²) in [6.45, 7) is 9.08. The molecule has 0 spiro atoms. The first-order valence-electron chi connectivity index (χ1n) is 10.2. The lowest BCUT2D eigenvalue weighted by atomic mass is 10.1. The van der Waals surface area contributed by atoms with E-state index in [9.17, 15) is 9.59 Å². The van der Waals surface area contributed by atoms with Gasteiger partial charge in [0, 0.05) is 12.2 Å². The molecule has 2 aromatic rings. The normalized spacial score (nSPS) is 10.4. The molecule has 0 unspecified atom stereocenters. The minimum absolute atomic E-state index is 0.178. The lowest BCUT2D eigenvalue weighted by Crippen LogP contribution is -2.12. The van der Waals surface area contributed by atoms with E-state index in [-0.39, 0.29) is 13.2 Å². The van der Waals surface area contributed by atoms with Crippen LogP contribution in [-0.4, -0.2) is 64.8 Å². The molecule has 8 heteroatoms. The van der Waals surface area contributed by atoms with E-state index in [1.54, 1.807) is 0 Å². The predicted molar refractivity (Wildman–Crippen MR) is 119 cm³/mol. The second-order valence-electron chi connectivity index (χ2n) is 6.34. The van der Waals surface area contributed by atoms with E-state index in [4.69, 9.17) is 28.4 Å². The Hall–Kier alpha value is -3.36. The van der Waals surface area contributed by atoms with Crippen molar-refractivity contribution in [2.24, 2.45) is 0 Å². The van der Waals surface area contributed by atoms with Crippen LogP contribution in [0.1, 0.15) is 0 Å². The SMILES string of the molecule is C=CC(=O)OCCOCCOc1ccc2ccc(OCCOCCOC(=O)C=C)cc2c1. The van der Waals surface area contributed by atoms with Gasteiger partial charge in [-0.15, -0.1) is 0 Å². The first kappa shape index (κ1) is 24.9. The Morgan fingerprint density at radius 3 is 1.50 bits per heavy atom. The zero-order valence-corrected chi connectivity index (χ0v) is 18.0. The predicted octanol–water partition coefficient (Wildman–Crippen LogP) is 3.09. The number of hydrogen-bond donors (Lipinski definition) is 0. The topological polar surface area (TPSA) is 89.5 Å². The highest BCUT2D eigenvalue weighted by Gasteiger charge is 2.02. The molecule has 0 aliphatic carbocycles. The second kappa shape index (κ2) is 14.6. The zero-order valence-electron chi connectivity index (χ0n) is 18.0. The number of rotatable bonds is 16. The summed E-state index contributed by atoms with van der Waals surface area (Å²) >= 11 is 0. The number of hydrogen-bond acceptors (Lipinski definition) is 8. The van der Waals surface area contributed by atoms with Crippen molar-refractivity contribution in [1.29, 1.82) is 0 Å². The molecule has 2 aromatic carbocycles. The van der Waals surface area contributed by atoms with Gasteiger partial charge in [-0.1, -0.05) is 25.3 Å². The summed E-state index contributed by atoms with van der Waals surface area (Å²) in [7, 11) is 0.